The maximum absolute atomic E-state index is 12.3. The number of nitrogens with zero attached hydrogens (tertiary/aromatic N) is 2. The van der Waals surface area contributed by atoms with Crippen LogP contribution < -0.4 is 5.32 Å². The molecule has 4 nitrogen and oxygen atoms in total. The van der Waals surface area contributed by atoms with Crippen LogP contribution in [0.25, 0.3) is 11.0 Å². The highest BCUT2D eigenvalue weighted by atomic mass is 35.5. The first kappa shape index (κ1) is 21.4. The van der Waals surface area contributed by atoms with Crippen LogP contribution in [0.15, 0.2) is 72.8 Å². The van der Waals surface area contributed by atoms with Crippen LogP contribution in [0.5, 0.6) is 0 Å². The zero-order valence-electron chi connectivity index (χ0n) is 17.0. The van der Waals surface area contributed by atoms with Gasteiger partial charge in [0.1, 0.15) is 5.82 Å². The van der Waals surface area contributed by atoms with Gasteiger partial charge in [-0.05, 0) is 47.9 Å². The van der Waals surface area contributed by atoms with E-state index in [1.54, 1.807) is 6.07 Å². The fourth-order valence-electron chi connectivity index (χ4n) is 3.62. The molecule has 3 aromatic carbocycles. The van der Waals surface area contributed by atoms with Crippen molar-refractivity contribution in [1.82, 2.24) is 14.9 Å². The maximum atomic E-state index is 12.3. The summed E-state index contributed by atoms with van der Waals surface area (Å²) in [6.07, 6.45) is 1.86. The van der Waals surface area contributed by atoms with E-state index in [9.17, 15) is 4.79 Å². The minimum absolute atomic E-state index is 0.0252. The van der Waals surface area contributed by atoms with Crippen molar-refractivity contribution in [3.05, 3.63) is 99.8 Å². The van der Waals surface area contributed by atoms with Crippen LogP contribution in [-0.2, 0) is 24.2 Å². The van der Waals surface area contributed by atoms with Crippen molar-refractivity contribution in [2.24, 2.45) is 0 Å². The highest BCUT2D eigenvalue weighted by Crippen LogP contribution is 2.20. The third kappa shape index (κ3) is 5.46. The van der Waals surface area contributed by atoms with Crippen molar-refractivity contribution >= 4 is 40.1 Å². The number of halogens is 2. The average Bonchev–Trinajstić information content (AvgIpc) is 3.12. The van der Waals surface area contributed by atoms with E-state index in [4.69, 9.17) is 28.2 Å². The predicted octanol–water partition coefficient (Wildman–Crippen LogP) is 5.68. The van der Waals surface area contributed by atoms with E-state index < -0.39 is 0 Å². The molecule has 1 N–H and O–H groups in total. The molecule has 0 fully saturated rings. The number of benzene rings is 3. The highest BCUT2D eigenvalue weighted by Gasteiger charge is 2.11. The first-order chi connectivity index (χ1) is 15.1. The molecule has 0 spiro atoms. The van der Waals surface area contributed by atoms with Crippen molar-refractivity contribution in [2.75, 3.05) is 6.54 Å². The SMILES string of the molecule is O=C(Cc1ccccc1Cl)NCCCc1nc2ccccc2n1Cc1ccc(Cl)cc1. The molecule has 0 aliphatic carbocycles. The van der Waals surface area contributed by atoms with Crippen LogP contribution >= 0.6 is 23.2 Å². The minimum atomic E-state index is -0.0252. The number of rotatable bonds is 8. The molecule has 4 rings (SSSR count). The van der Waals surface area contributed by atoms with Crippen LogP contribution in [0.2, 0.25) is 10.0 Å². The minimum Gasteiger partial charge on any atom is -0.356 e. The van der Waals surface area contributed by atoms with Gasteiger partial charge in [0.25, 0.3) is 0 Å². The Balaban J connectivity index is 1.39. The van der Waals surface area contributed by atoms with Gasteiger partial charge in [-0.15, -0.1) is 0 Å². The molecule has 1 amide bonds. The third-order valence-corrected chi connectivity index (χ3v) is 5.82. The number of amides is 1. The van der Waals surface area contributed by atoms with Crippen molar-refractivity contribution in [2.45, 2.75) is 25.8 Å². The Kier molecular flexibility index (Phi) is 6.90. The molecule has 0 atom stereocenters. The number of aryl methyl sites for hydroxylation is 1. The quantitative estimate of drug-likeness (QED) is 0.350. The van der Waals surface area contributed by atoms with Crippen LogP contribution in [0.3, 0.4) is 0 Å². The van der Waals surface area contributed by atoms with Gasteiger partial charge in [0.2, 0.25) is 5.91 Å². The van der Waals surface area contributed by atoms with E-state index in [0.29, 0.717) is 11.6 Å². The summed E-state index contributed by atoms with van der Waals surface area (Å²) in [5, 5.41) is 4.34. The second-order valence-electron chi connectivity index (χ2n) is 7.45. The number of imidazole rings is 1. The molecule has 0 aliphatic rings. The number of hydrogen-bond acceptors (Lipinski definition) is 2. The Hall–Kier alpha value is -2.82. The number of hydrogen-bond donors (Lipinski definition) is 1. The first-order valence-corrected chi connectivity index (χ1v) is 11.0. The molecule has 31 heavy (non-hydrogen) atoms. The van der Waals surface area contributed by atoms with Gasteiger partial charge >= 0.3 is 0 Å². The normalized spacial score (nSPS) is 11.0. The lowest BCUT2D eigenvalue weighted by Gasteiger charge is -2.10. The number of para-hydroxylation sites is 2. The molecule has 0 radical (unpaired) electrons. The van der Waals surface area contributed by atoms with E-state index in [1.807, 2.05) is 60.7 Å². The molecule has 158 valence electrons. The Bertz CT molecular complexity index is 1190. The largest absolute Gasteiger partial charge is 0.356 e. The summed E-state index contributed by atoms with van der Waals surface area (Å²) in [4.78, 5) is 17.1. The fourth-order valence-corrected chi connectivity index (χ4v) is 3.95. The van der Waals surface area contributed by atoms with Gasteiger partial charge < -0.3 is 9.88 Å². The summed E-state index contributed by atoms with van der Waals surface area (Å²) in [5.41, 5.74) is 4.10. The van der Waals surface area contributed by atoms with Crippen molar-refractivity contribution in [3.8, 4) is 0 Å². The molecular formula is C25H23Cl2N3O. The van der Waals surface area contributed by atoms with Gasteiger partial charge in [-0.2, -0.15) is 0 Å². The number of carbonyl (C=O) groups is 1. The van der Waals surface area contributed by atoms with Crippen LogP contribution in [0.1, 0.15) is 23.4 Å². The molecular weight excluding hydrogens is 429 g/mol. The third-order valence-electron chi connectivity index (χ3n) is 5.20. The zero-order valence-corrected chi connectivity index (χ0v) is 18.5. The van der Waals surface area contributed by atoms with E-state index in [2.05, 4.69) is 16.0 Å². The molecule has 0 unspecified atom stereocenters. The summed E-state index contributed by atoms with van der Waals surface area (Å²) in [6, 6.07) is 23.5. The Morgan fingerprint density at radius 3 is 2.48 bits per heavy atom. The summed E-state index contributed by atoms with van der Waals surface area (Å²) >= 11 is 12.2. The standard InChI is InChI=1S/C25H23Cl2N3O/c26-20-13-11-18(12-14-20)17-30-23-9-4-3-8-22(23)29-24(30)10-5-15-28-25(31)16-19-6-1-2-7-21(19)27/h1-4,6-9,11-14H,5,10,15-17H2,(H,28,31). The van der Waals surface area contributed by atoms with Gasteiger partial charge in [-0.1, -0.05) is 65.7 Å². The van der Waals surface area contributed by atoms with Crippen LogP contribution in [0, 0.1) is 0 Å². The van der Waals surface area contributed by atoms with Gasteiger partial charge in [-0.25, -0.2) is 4.98 Å². The number of nitrogens with one attached hydrogen (secondary N) is 1. The van der Waals surface area contributed by atoms with Crippen LogP contribution in [-0.4, -0.2) is 22.0 Å². The molecule has 0 saturated carbocycles. The van der Waals surface area contributed by atoms with E-state index in [-0.39, 0.29) is 12.3 Å². The molecule has 0 aliphatic heterocycles. The monoisotopic (exact) mass is 451 g/mol. The summed E-state index contributed by atoms with van der Waals surface area (Å²) < 4.78 is 2.24. The number of carbonyl (C=O) groups excluding carboxylic acids is 1. The first-order valence-electron chi connectivity index (χ1n) is 10.3. The fraction of sp³-hybridized carbons (Fsp3) is 0.200. The number of fused-ring (bicyclic) bond motifs is 1. The number of aromatic nitrogens is 2. The lowest BCUT2D eigenvalue weighted by Crippen LogP contribution is -2.26. The predicted molar refractivity (Wildman–Crippen MR) is 127 cm³/mol. The van der Waals surface area contributed by atoms with E-state index >= 15 is 0 Å². The Morgan fingerprint density at radius 2 is 1.68 bits per heavy atom. The summed E-state index contributed by atoms with van der Waals surface area (Å²) in [7, 11) is 0. The highest BCUT2D eigenvalue weighted by molar-refractivity contribution is 6.31. The van der Waals surface area contributed by atoms with E-state index in [1.165, 1.54) is 5.56 Å². The Labute approximate surface area is 191 Å². The van der Waals surface area contributed by atoms with Gasteiger partial charge in [0.15, 0.2) is 0 Å². The maximum Gasteiger partial charge on any atom is 0.224 e. The zero-order chi connectivity index (χ0) is 21.6. The van der Waals surface area contributed by atoms with Crippen molar-refractivity contribution in [1.29, 1.82) is 0 Å². The Morgan fingerprint density at radius 1 is 0.935 bits per heavy atom. The second-order valence-corrected chi connectivity index (χ2v) is 8.29. The van der Waals surface area contributed by atoms with Gasteiger partial charge in [0.05, 0.1) is 17.5 Å². The van der Waals surface area contributed by atoms with Gasteiger partial charge in [-0.3, -0.25) is 4.79 Å². The second kappa shape index (κ2) is 9.99. The lowest BCUT2D eigenvalue weighted by molar-refractivity contribution is -0.120. The topological polar surface area (TPSA) is 46.9 Å². The average molecular weight is 452 g/mol. The summed E-state index contributed by atoms with van der Waals surface area (Å²) in [5.74, 6) is 0.985. The molecule has 1 heterocycles. The van der Waals surface area contributed by atoms with Gasteiger partial charge in [0, 0.05) is 29.6 Å². The van der Waals surface area contributed by atoms with Crippen molar-refractivity contribution < 1.29 is 4.79 Å². The molecule has 6 heteroatoms. The molecule has 0 saturated heterocycles. The van der Waals surface area contributed by atoms with Crippen molar-refractivity contribution in [3.63, 3.8) is 0 Å². The van der Waals surface area contributed by atoms with Crippen LogP contribution in [0.4, 0.5) is 0 Å². The molecule has 1 aromatic heterocycles. The lowest BCUT2D eigenvalue weighted by atomic mass is 10.1. The molecule has 4 aromatic rings. The summed E-state index contributed by atoms with van der Waals surface area (Å²) in [6.45, 7) is 1.32. The molecule has 0 bridgehead atoms. The van der Waals surface area contributed by atoms with E-state index in [0.717, 1.165) is 46.8 Å². The smallest absolute Gasteiger partial charge is 0.224 e.